The molecule has 264 valence electrons. The molecule has 0 bridgehead atoms. The van der Waals surface area contributed by atoms with Crippen LogP contribution >= 0.6 is 0 Å². The first-order valence-electron chi connectivity index (χ1n) is 18.0. The van der Waals surface area contributed by atoms with Gasteiger partial charge in [-0.1, -0.05) is 66.7 Å². The average molecular weight is 705 g/mol. The molecule has 0 heterocycles. The van der Waals surface area contributed by atoms with Gasteiger partial charge in [-0.2, -0.15) is 0 Å². The maximum atomic E-state index is 6.10. The first-order valence-corrected chi connectivity index (χ1v) is 18.0. The number of nitrogens with zero attached hydrogens (tertiary/aromatic N) is 2. The van der Waals surface area contributed by atoms with Crippen molar-refractivity contribution in [2.45, 2.75) is 12.5 Å². The summed E-state index contributed by atoms with van der Waals surface area (Å²) in [6.45, 7) is 0. The van der Waals surface area contributed by atoms with Gasteiger partial charge in [0.25, 0.3) is 0 Å². The lowest BCUT2D eigenvalue weighted by Gasteiger charge is -2.33. The van der Waals surface area contributed by atoms with Crippen molar-refractivity contribution in [1.82, 2.24) is 0 Å². The second-order valence-corrected chi connectivity index (χ2v) is 13.1. The molecule has 6 heteroatoms. The lowest BCUT2D eigenvalue weighted by molar-refractivity contribution is 0.437. The van der Waals surface area contributed by atoms with Crippen LogP contribution in [0.3, 0.4) is 0 Å². The summed E-state index contributed by atoms with van der Waals surface area (Å²) >= 11 is 0. The van der Waals surface area contributed by atoms with E-state index < -0.39 is 0 Å². The van der Waals surface area contributed by atoms with Gasteiger partial charge in [0.15, 0.2) is 0 Å². The maximum Gasteiger partial charge on any atom is 0.127 e. The molecule has 7 aromatic carbocycles. The predicted molar refractivity (Wildman–Crippen MR) is 223 cm³/mol. The molecule has 8 rings (SSSR count). The SMILES string of the molecule is Nc1ccc(OC2=CCC(N(c3ccccc3)c3ccc(-c4ccc(N(c5ccccc5)c5ccc(Oc6ccc(N)cc6)cc5)cc4)cc3)C=C2)cc1. The van der Waals surface area contributed by atoms with Gasteiger partial charge < -0.3 is 30.7 Å². The molecule has 6 nitrogen and oxygen atoms in total. The third-order valence-electron chi connectivity index (χ3n) is 9.35. The highest BCUT2D eigenvalue weighted by atomic mass is 16.5. The fourth-order valence-corrected chi connectivity index (χ4v) is 6.63. The van der Waals surface area contributed by atoms with E-state index in [1.165, 1.54) is 0 Å². The summed E-state index contributed by atoms with van der Waals surface area (Å²) in [7, 11) is 0. The monoisotopic (exact) mass is 704 g/mol. The first kappa shape index (κ1) is 33.9. The summed E-state index contributed by atoms with van der Waals surface area (Å²) in [6.07, 6.45) is 7.22. The number of anilines is 7. The first-order chi connectivity index (χ1) is 26.6. The number of hydrogen-bond acceptors (Lipinski definition) is 6. The second kappa shape index (κ2) is 15.6. The van der Waals surface area contributed by atoms with E-state index in [1.54, 1.807) is 0 Å². The van der Waals surface area contributed by atoms with Crippen molar-refractivity contribution in [3.63, 3.8) is 0 Å². The minimum absolute atomic E-state index is 0.124. The van der Waals surface area contributed by atoms with Crippen molar-refractivity contribution >= 4 is 39.8 Å². The van der Waals surface area contributed by atoms with E-state index in [1.807, 2.05) is 66.7 Å². The topological polar surface area (TPSA) is 77.0 Å². The van der Waals surface area contributed by atoms with Gasteiger partial charge >= 0.3 is 0 Å². The van der Waals surface area contributed by atoms with Crippen LogP contribution in [0.2, 0.25) is 0 Å². The second-order valence-electron chi connectivity index (χ2n) is 13.1. The van der Waals surface area contributed by atoms with E-state index in [9.17, 15) is 0 Å². The number of nitrogens with two attached hydrogens (primary N) is 2. The highest BCUT2D eigenvalue weighted by molar-refractivity contribution is 5.79. The fraction of sp³-hybridized carbons (Fsp3) is 0.0417. The number of nitrogen functional groups attached to an aromatic ring is 2. The summed E-state index contributed by atoms with van der Waals surface area (Å²) in [5.41, 5.74) is 20.8. The van der Waals surface area contributed by atoms with Gasteiger partial charge in [-0.3, -0.25) is 0 Å². The highest BCUT2D eigenvalue weighted by Gasteiger charge is 2.21. The third-order valence-corrected chi connectivity index (χ3v) is 9.35. The molecule has 1 unspecified atom stereocenters. The van der Waals surface area contributed by atoms with Gasteiger partial charge in [-0.25, -0.2) is 0 Å². The van der Waals surface area contributed by atoms with Crippen LogP contribution in [0.4, 0.5) is 39.8 Å². The molecule has 0 aliphatic heterocycles. The smallest absolute Gasteiger partial charge is 0.127 e. The number of rotatable bonds is 11. The summed E-state index contributed by atoms with van der Waals surface area (Å²) in [5.74, 6) is 3.09. The molecule has 0 saturated heterocycles. The van der Waals surface area contributed by atoms with E-state index in [0.717, 1.165) is 69.0 Å². The quantitative estimate of drug-likeness (QED) is 0.131. The predicted octanol–water partition coefficient (Wildman–Crippen LogP) is 12.2. The Labute approximate surface area is 316 Å². The molecule has 0 spiro atoms. The van der Waals surface area contributed by atoms with Crippen LogP contribution in [0, 0.1) is 0 Å². The van der Waals surface area contributed by atoms with Gasteiger partial charge in [-0.15, -0.1) is 0 Å². The summed E-state index contributed by atoms with van der Waals surface area (Å²) in [5, 5.41) is 0. The van der Waals surface area contributed by atoms with Gasteiger partial charge in [0.2, 0.25) is 0 Å². The normalized spacial score (nSPS) is 13.5. The van der Waals surface area contributed by atoms with Crippen molar-refractivity contribution in [2.75, 3.05) is 21.3 Å². The molecule has 1 aliphatic rings. The molecule has 1 aliphatic carbocycles. The number of para-hydroxylation sites is 2. The molecular weight excluding hydrogens is 665 g/mol. The minimum atomic E-state index is 0.124. The zero-order chi connectivity index (χ0) is 36.7. The average Bonchev–Trinajstić information content (AvgIpc) is 3.22. The van der Waals surface area contributed by atoms with Crippen LogP contribution < -0.4 is 30.7 Å². The van der Waals surface area contributed by atoms with Crippen LogP contribution in [-0.2, 0) is 0 Å². The summed E-state index contributed by atoms with van der Waals surface area (Å²) in [4.78, 5) is 4.62. The summed E-state index contributed by atoms with van der Waals surface area (Å²) in [6, 6.07) is 61.6. The molecule has 0 aromatic heterocycles. The number of hydrogen-bond donors (Lipinski definition) is 2. The largest absolute Gasteiger partial charge is 0.458 e. The Hall–Kier alpha value is -7.18. The maximum absolute atomic E-state index is 6.10. The lowest BCUT2D eigenvalue weighted by Crippen LogP contribution is -2.30. The molecule has 1 atom stereocenters. The minimum Gasteiger partial charge on any atom is -0.458 e. The number of benzene rings is 7. The standard InChI is InChI=1S/C48H40N4O2/c49-37-15-27-45(28-16-37)53-47-31-23-43(24-32-47)51(39-7-3-1-4-8-39)41-19-11-35(12-20-41)36-13-21-42(22-14-36)52(40-9-5-2-6-10-40)44-25-33-48(34-26-44)54-46-29-17-38(50)18-30-46/h1-25,27-34,44H,26,49-50H2. The van der Waals surface area contributed by atoms with E-state index >= 15 is 0 Å². The molecule has 0 fully saturated rings. The van der Waals surface area contributed by atoms with Crippen molar-refractivity contribution < 1.29 is 9.47 Å². The van der Waals surface area contributed by atoms with Crippen LogP contribution in [0.5, 0.6) is 17.2 Å². The lowest BCUT2D eigenvalue weighted by atomic mass is 10.0. The van der Waals surface area contributed by atoms with Gasteiger partial charge in [0.1, 0.15) is 23.0 Å². The zero-order valence-electron chi connectivity index (χ0n) is 29.7. The van der Waals surface area contributed by atoms with Crippen molar-refractivity contribution in [1.29, 1.82) is 0 Å². The molecule has 0 saturated carbocycles. The Balaban J connectivity index is 1.01. The van der Waals surface area contributed by atoms with Crippen LogP contribution in [0.25, 0.3) is 11.1 Å². The Kier molecular flexibility index (Phi) is 9.80. The highest BCUT2D eigenvalue weighted by Crippen LogP contribution is 2.38. The van der Waals surface area contributed by atoms with Gasteiger partial charge in [-0.05, 0) is 151 Å². The number of allylic oxidation sites excluding steroid dienone is 1. The fourth-order valence-electron chi connectivity index (χ4n) is 6.63. The Morgan fingerprint density at radius 2 is 0.833 bits per heavy atom. The van der Waals surface area contributed by atoms with Crippen LogP contribution in [-0.4, -0.2) is 6.04 Å². The summed E-state index contributed by atoms with van der Waals surface area (Å²) < 4.78 is 12.2. The van der Waals surface area contributed by atoms with Crippen LogP contribution in [0.15, 0.2) is 206 Å². The Bertz CT molecular complexity index is 2340. The zero-order valence-corrected chi connectivity index (χ0v) is 29.7. The molecule has 0 amide bonds. The molecule has 4 N–H and O–H groups in total. The van der Waals surface area contributed by atoms with Gasteiger partial charge in [0, 0.05) is 39.8 Å². The molecule has 7 aromatic rings. The molecular formula is C48H40N4O2. The van der Waals surface area contributed by atoms with E-state index in [-0.39, 0.29) is 6.04 Å². The Morgan fingerprint density at radius 3 is 1.33 bits per heavy atom. The van der Waals surface area contributed by atoms with Gasteiger partial charge in [0.05, 0.1) is 6.04 Å². The van der Waals surface area contributed by atoms with Crippen LogP contribution in [0.1, 0.15) is 6.42 Å². The van der Waals surface area contributed by atoms with Crippen molar-refractivity contribution in [3.05, 3.63) is 206 Å². The Morgan fingerprint density at radius 1 is 0.426 bits per heavy atom. The van der Waals surface area contributed by atoms with E-state index in [2.05, 4.69) is 143 Å². The van der Waals surface area contributed by atoms with Crippen molar-refractivity contribution in [2.24, 2.45) is 0 Å². The van der Waals surface area contributed by atoms with E-state index in [4.69, 9.17) is 20.9 Å². The number of ether oxygens (including phenoxy) is 2. The third kappa shape index (κ3) is 7.83. The van der Waals surface area contributed by atoms with Crippen molar-refractivity contribution in [3.8, 4) is 28.4 Å². The molecule has 0 radical (unpaired) electrons. The molecule has 54 heavy (non-hydrogen) atoms. The van der Waals surface area contributed by atoms with E-state index in [0.29, 0.717) is 11.4 Å².